The van der Waals surface area contributed by atoms with Crippen LogP contribution in [-0.2, 0) is 0 Å². The quantitative estimate of drug-likeness (QED) is 0.452. The van der Waals surface area contributed by atoms with Gasteiger partial charge in [0.2, 0.25) is 5.78 Å². The Morgan fingerprint density at radius 1 is 1.21 bits per heavy atom. The third-order valence-electron chi connectivity index (χ3n) is 1.53. The Bertz CT molecular complexity index is 344. The van der Waals surface area contributed by atoms with Crippen molar-refractivity contribution >= 4 is 40.6 Å². The Hall–Kier alpha value is -0.500. The number of Topliss-reactive ketones (excluding diaryl/α,β-unsaturated/α-hetero) is 1. The van der Waals surface area contributed by atoms with Crippen molar-refractivity contribution in [1.82, 2.24) is 0 Å². The Balaban J connectivity index is 2.87. The van der Waals surface area contributed by atoms with Crippen LogP contribution >= 0.6 is 34.8 Å². The maximum absolute atomic E-state index is 11.6. The summed E-state index contributed by atoms with van der Waals surface area (Å²) in [5, 5.41) is 0.0335. The average molecular weight is 250 g/mol. The van der Waals surface area contributed by atoms with Gasteiger partial charge < -0.3 is 0 Å². The lowest BCUT2D eigenvalue weighted by Crippen LogP contribution is -1.99. The van der Waals surface area contributed by atoms with Crippen LogP contribution in [-0.4, -0.2) is 10.6 Å². The fourth-order valence-corrected chi connectivity index (χ4v) is 1.53. The van der Waals surface area contributed by atoms with E-state index in [1.165, 1.54) is 6.08 Å². The summed E-state index contributed by atoms with van der Waals surface area (Å²) in [6.45, 7) is 0. The highest BCUT2D eigenvalue weighted by atomic mass is 35.5. The van der Waals surface area contributed by atoms with E-state index in [0.29, 0.717) is 5.56 Å². The molecule has 14 heavy (non-hydrogen) atoms. The molecule has 0 saturated carbocycles. The molecule has 1 aromatic rings. The highest BCUT2D eigenvalue weighted by Crippen LogP contribution is 2.15. The monoisotopic (exact) mass is 248 g/mol. The number of ketones is 1. The summed E-state index contributed by atoms with van der Waals surface area (Å²) in [4.78, 5) is 10.8. The van der Waals surface area contributed by atoms with E-state index >= 15 is 0 Å². The maximum Gasteiger partial charge on any atom is 0.204 e. The number of hydrogen-bond donors (Lipinski definition) is 0. The second-order valence-corrected chi connectivity index (χ2v) is 4.12. The van der Waals surface area contributed by atoms with Gasteiger partial charge in [-0.15, -0.1) is 23.2 Å². The minimum Gasteiger partial charge on any atom is -0.288 e. The first-order valence-electron chi connectivity index (χ1n) is 3.86. The molecule has 0 bridgehead atoms. The molecule has 0 aliphatic heterocycles. The van der Waals surface area contributed by atoms with Gasteiger partial charge in [0.1, 0.15) is 4.84 Å². The molecule has 1 rings (SSSR count). The third-order valence-corrected chi connectivity index (χ3v) is 2.07. The summed E-state index contributed by atoms with van der Waals surface area (Å²) in [5.41, 5.74) is 0.516. The van der Waals surface area contributed by atoms with Crippen LogP contribution < -0.4 is 0 Å². The van der Waals surface area contributed by atoms with Crippen LogP contribution in [0, 0.1) is 0 Å². The molecular weight excluding hydrogens is 242 g/mol. The summed E-state index contributed by atoms with van der Waals surface area (Å²) in [5.74, 6) is -0.279. The minimum absolute atomic E-state index is 0.0335. The van der Waals surface area contributed by atoms with Crippen LogP contribution in [0.5, 0.6) is 0 Å². The summed E-state index contributed by atoms with van der Waals surface area (Å²) in [6, 6.07) is 8.69. The standard InChI is InChI=1S/C10H7Cl3O/c11-8(6-9(12)13)10(14)7-4-2-1-3-5-7/h1-6,9H/b8-6-. The number of alkyl halides is 2. The number of rotatable bonds is 3. The molecular formula is C10H7Cl3O. The summed E-state index contributed by atoms with van der Waals surface area (Å²) < 4.78 is 0. The second kappa shape index (κ2) is 5.40. The van der Waals surface area contributed by atoms with Crippen molar-refractivity contribution in [1.29, 1.82) is 0 Å². The molecule has 0 heterocycles. The molecule has 0 fully saturated rings. The molecule has 0 aromatic heterocycles. The maximum atomic E-state index is 11.6. The number of halogens is 3. The van der Waals surface area contributed by atoms with Crippen molar-refractivity contribution in [2.24, 2.45) is 0 Å². The topological polar surface area (TPSA) is 17.1 Å². The van der Waals surface area contributed by atoms with Crippen LogP contribution in [0.3, 0.4) is 0 Å². The van der Waals surface area contributed by atoms with Gasteiger partial charge in [-0.1, -0.05) is 41.9 Å². The van der Waals surface area contributed by atoms with Crippen LogP contribution in [0.4, 0.5) is 0 Å². The Labute approximate surface area is 97.3 Å². The van der Waals surface area contributed by atoms with E-state index in [1.54, 1.807) is 24.3 Å². The first-order valence-corrected chi connectivity index (χ1v) is 5.11. The summed E-state index contributed by atoms with van der Waals surface area (Å²) in [7, 11) is 0. The summed E-state index contributed by atoms with van der Waals surface area (Å²) in [6.07, 6.45) is 1.29. The third kappa shape index (κ3) is 3.33. The molecule has 74 valence electrons. The normalized spacial score (nSPS) is 11.9. The fraction of sp³-hybridized carbons (Fsp3) is 0.100. The number of hydrogen-bond acceptors (Lipinski definition) is 1. The van der Waals surface area contributed by atoms with Gasteiger partial charge >= 0.3 is 0 Å². The van der Waals surface area contributed by atoms with Gasteiger partial charge in [-0.25, -0.2) is 0 Å². The van der Waals surface area contributed by atoms with Crippen LogP contribution in [0.25, 0.3) is 0 Å². The largest absolute Gasteiger partial charge is 0.288 e. The zero-order chi connectivity index (χ0) is 10.6. The van der Waals surface area contributed by atoms with Gasteiger partial charge in [0.05, 0.1) is 5.03 Å². The average Bonchev–Trinajstić information content (AvgIpc) is 2.17. The molecule has 0 spiro atoms. The zero-order valence-electron chi connectivity index (χ0n) is 7.08. The van der Waals surface area contributed by atoms with Gasteiger partial charge in [0.25, 0.3) is 0 Å². The molecule has 0 saturated heterocycles. The smallest absolute Gasteiger partial charge is 0.204 e. The highest BCUT2D eigenvalue weighted by Gasteiger charge is 2.10. The molecule has 1 aromatic carbocycles. The molecule has 4 heteroatoms. The second-order valence-electron chi connectivity index (χ2n) is 2.54. The van der Waals surface area contributed by atoms with Gasteiger partial charge in [0.15, 0.2) is 0 Å². The van der Waals surface area contributed by atoms with Gasteiger partial charge in [-0.2, -0.15) is 0 Å². The lowest BCUT2D eigenvalue weighted by Gasteiger charge is -1.99. The lowest BCUT2D eigenvalue weighted by molar-refractivity contribution is 0.104. The molecule has 1 nitrogen and oxygen atoms in total. The van der Waals surface area contributed by atoms with Crippen molar-refractivity contribution in [3.8, 4) is 0 Å². The first-order chi connectivity index (χ1) is 6.61. The zero-order valence-corrected chi connectivity index (χ0v) is 9.35. The fourth-order valence-electron chi connectivity index (χ4n) is 0.914. The molecule has 0 N–H and O–H groups in total. The van der Waals surface area contributed by atoms with Crippen molar-refractivity contribution < 1.29 is 4.79 Å². The van der Waals surface area contributed by atoms with E-state index in [-0.39, 0.29) is 10.8 Å². The number of benzene rings is 1. The van der Waals surface area contributed by atoms with Gasteiger partial charge in [-0.05, 0) is 6.08 Å². The van der Waals surface area contributed by atoms with E-state index in [9.17, 15) is 4.79 Å². The van der Waals surface area contributed by atoms with Gasteiger partial charge in [0, 0.05) is 5.56 Å². The van der Waals surface area contributed by atoms with E-state index in [1.807, 2.05) is 6.07 Å². The van der Waals surface area contributed by atoms with Crippen LogP contribution in [0.2, 0.25) is 0 Å². The van der Waals surface area contributed by atoms with Crippen molar-refractivity contribution in [3.63, 3.8) is 0 Å². The van der Waals surface area contributed by atoms with Gasteiger partial charge in [-0.3, -0.25) is 4.79 Å². The molecule has 0 radical (unpaired) electrons. The van der Waals surface area contributed by atoms with Crippen molar-refractivity contribution in [3.05, 3.63) is 47.0 Å². The van der Waals surface area contributed by atoms with Crippen LogP contribution in [0.1, 0.15) is 10.4 Å². The number of carbonyl (C=O) groups is 1. The molecule has 0 aliphatic rings. The predicted molar refractivity (Wildman–Crippen MR) is 60.2 cm³/mol. The van der Waals surface area contributed by atoms with Crippen LogP contribution in [0.15, 0.2) is 41.4 Å². The molecule has 0 amide bonds. The Morgan fingerprint density at radius 3 is 2.29 bits per heavy atom. The molecule has 0 atom stereocenters. The first kappa shape index (κ1) is 11.6. The SMILES string of the molecule is O=C(/C(Cl)=C/C(Cl)Cl)c1ccccc1. The number of allylic oxidation sites excluding steroid dienone is 2. The Kier molecular flexibility index (Phi) is 4.46. The molecule has 0 aliphatic carbocycles. The van der Waals surface area contributed by atoms with E-state index < -0.39 is 4.84 Å². The van der Waals surface area contributed by atoms with E-state index in [2.05, 4.69) is 0 Å². The van der Waals surface area contributed by atoms with E-state index in [0.717, 1.165) is 0 Å². The molecule has 0 unspecified atom stereocenters. The van der Waals surface area contributed by atoms with E-state index in [4.69, 9.17) is 34.8 Å². The lowest BCUT2D eigenvalue weighted by atomic mass is 10.1. The van der Waals surface area contributed by atoms with Crippen molar-refractivity contribution in [2.45, 2.75) is 4.84 Å². The highest BCUT2D eigenvalue weighted by molar-refractivity contribution is 6.49. The Morgan fingerprint density at radius 2 is 1.79 bits per heavy atom. The summed E-state index contributed by atoms with van der Waals surface area (Å²) >= 11 is 16.6. The number of carbonyl (C=O) groups excluding carboxylic acids is 1. The minimum atomic E-state index is -0.768. The van der Waals surface area contributed by atoms with Crippen molar-refractivity contribution in [2.75, 3.05) is 0 Å². The predicted octanol–water partition coefficient (Wildman–Crippen LogP) is 3.80.